The number of hydrogen-bond donors (Lipinski definition) is 0. The Hall–Kier alpha value is -3.15. The van der Waals surface area contributed by atoms with Gasteiger partial charge in [-0.3, -0.25) is 4.79 Å². The first-order valence-corrected chi connectivity index (χ1v) is 7.99. The topological polar surface area (TPSA) is 55.8 Å². The Labute approximate surface area is 151 Å². The van der Waals surface area contributed by atoms with Crippen LogP contribution in [0.2, 0.25) is 0 Å². The molecule has 2 aromatic carbocycles. The van der Waals surface area contributed by atoms with Crippen LogP contribution in [0.15, 0.2) is 54.6 Å². The molecule has 0 saturated heterocycles. The van der Waals surface area contributed by atoms with Crippen molar-refractivity contribution in [2.75, 3.05) is 27.3 Å². The number of halogens is 1. The van der Waals surface area contributed by atoms with E-state index in [0.29, 0.717) is 24.5 Å². The molecular weight excluding hydrogens is 337 g/mol. The Morgan fingerprint density at radius 3 is 2.35 bits per heavy atom. The standard InChI is InChI=1S/C20H20FNO4/c1-22(20(24)16-6-8-17(21)9-7-16)13-14-26-18-10-3-15(4-11-18)5-12-19(23)25-2/h3-12H,13-14H2,1-2H3/b12-5+. The molecular formula is C20H20FNO4. The number of carbonyl (C=O) groups excluding carboxylic acids is 2. The molecule has 0 aliphatic carbocycles. The highest BCUT2D eigenvalue weighted by atomic mass is 19.1. The third-order valence-electron chi connectivity index (χ3n) is 3.63. The van der Waals surface area contributed by atoms with Crippen molar-refractivity contribution in [3.63, 3.8) is 0 Å². The van der Waals surface area contributed by atoms with Crippen molar-refractivity contribution in [3.8, 4) is 5.75 Å². The fourth-order valence-electron chi connectivity index (χ4n) is 2.12. The van der Waals surface area contributed by atoms with Gasteiger partial charge in [0.15, 0.2) is 0 Å². The zero-order valence-corrected chi connectivity index (χ0v) is 14.6. The van der Waals surface area contributed by atoms with E-state index in [1.54, 1.807) is 25.3 Å². The first-order chi connectivity index (χ1) is 12.5. The Bertz CT molecular complexity index is 769. The lowest BCUT2D eigenvalue weighted by Crippen LogP contribution is -2.30. The van der Waals surface area contributed by atoms with E-state index in [1.165, 1.54) is 42.4 Å². The smallest absolute Gasteiger partial charge is 0.330 e. The molecule has 0 spiro atoms. The number of likely N-dealkylation sites (N-methyl/N-ethyl adjacent to an activating group) is 1. The maximum atomic E-state index is 12.9. The highest BCUT2D eigenvalue weighted by Gasteiger charge is 2.11. The van der Waals surface area contributed by atoms with Crippen LogP contribution in [0.5, 0.6) is 5.75 Å². The van der Waals surface area contributed by atoms with Crippen LogP contribution in [0.4, 0.5) is 4.39 Å². The number of ether oxygens (including phenoxy) is 2. The second kappa shape index (κ2) is 9.36. The van der Waals surface area contributed by atoms with E-state index in [1.807, 2.05) is 12.1 Å². The van der Waals surface area contributed by atoms with Crippen molar-refractivity contribution in [3.05, 3.63) is 71.6 Å². The summed E-state index contributed by atoms with van der Waals surface area (Å²) in [5.41, 5.74) is 1.27. The molecule has 0 aromatic heterocycles. The molecule has 0 radical (unpaired) electrons. The minimum Gasteiger partial charge on any atom is -0.492 e. The summed E-state index contributed by atoms with van der Waals surface area (Å²) in [6.45, 7) is 0.709. The zero-order valence-electron chi connectivity index (χ0n) is 14.6. The third kappa shape index (κ3) is 5.73. The molecule has 136 valence electrons. The second-order valence-electron chi connectivity index (χ2n) is 5.51. The number of hydrogen-bond acceptors (Lipinski definition) is 4. The quantitative estimate of drug-likeness (QED) is 0.564. The van der Waals surface area contributed by atoms with Crippen LogP contribution in [0, 0.1) is 5.82 Å². The Morgan fingerprint density at radius 1 is 1.08 bits per heavy atom. The maximum absolute atomic E-state index is 12.9. The molecule has 0 heterocycles. The predicted octanol–water partition coefficient (Wildman–Crippen LogP) is 3.16. The SMILES string of the molecule is COC(=O)/C=C/c1ccc(OCCN(C)C(=O)c2ccc(F)cc2)cc1. The molecule has 0 fully saturated rings. The number of esters is 1. The van der Waals surface area contributed by atoms with Gasteiger partial charge in [0.2, 0.25) is 0 Å². The fraction of sp³-hybridized carbons (Fsp3) is 0.200. The van der Waals surface area contributed by atoms with Gasteiger partial charge in [-0.1, -0.05) is 12.1 Å². The average Bonchev–Trinajstić information content (AvgIpc) is 2.67. The van der Waals surface area contributed by atoms with E-state index in [-0.39, 0.29) is 11.7 Å². The lowest BCUT2D eigenvalue weighted by atomic mass is 10.2. The summed E-state index contributed by atoms with van der Waals surface area (Å²) in [5.74, 6) is -0.337. The number of methoxy groups -OCH3 is 1. The van der Waals surface area contributed by atoms with E-state index in [2.05, 4.69) is 4.74 Å². The summed E-state index contributed by atoms with van der Waals surface area (Å²) >= 11 is 0. The molecule has 0 N–H and O–H groups in total. The lowest BCUT2D eigenvalue weighted by molar-refractivity contribution is -0.134. The van der Waals surface area contributed by atoms with Gasteiger partial charge in [-0.2, -0.15) is 0 Å². The van der Waals surface area contributed by atoms with Crippen molar-refractivity contribution in [2.24, 2.45) is 0 Å². The highest BCUT2D eigenvalue weighted by molar-refractivity contribution is 5.94. The first-order valence-electron chi connectivity index (χ1n) is 7.99. The molecule has 0 saturated carbocycles. The molecule has 0 aliphatic heterocycles. The van der Waals surface area contributed by atoms with Crippen LogP contribution in [0.3, 0.4) is 0 Å². The Kier molecular flexibility index (Phi) is 6.91. The summed E-state index contributed by atoms with van der Waals surface area (Å²) < 4.78 is 23.0. The molecule has 2 aromatic rings. The Morgan fingerprint density at radius 2 is 1.73 bits per heavy atom. The van der Waals surface area contributed by atoms with Crippen LogP contribution in [-0.2, 0) is 9.53 Å². The van der Waals surface area contributed by atoms with E-state index >= 15 is 0 Å². The average molecular weight is 357 g/mol. The van der Waals surface area contributed by atoms with Crippen LogP contribution < -0.4 is 4.74 Å². The highest BCUT2D eigenvalue weighted by Crippen LogP contribution is 2.13. The zero-order chi connectivity index (χ0) is 18.9. The van der Waals surface area contributed by atoms with E-state index < -0.39 is 5.97 Å². The van der Waals surface area contributed by atoms with Gasteiger partial charge in [-0.25, -0.2) is 9.18 Å². The van der Waals surface area contributed by atoms with Gasteiger partial charge in [0.05, 0.1) is 13.7 Å². The molecule has 0 aliphatic rings. The molecule has 26 heavy (non-hydrogen) atoms. The van der Waals surface area contributed by atoms with E-state index in [0.717, 1.165) is 5.56 Å². The normalized spacial score (nSPS) is 10.6. The number of rotatable bonds is 7. The van der Waals surface area contributed by atoms with Gasteiger partial charge in [0.25, 0.3) is 5.91 Å². The second-order valence-corrected chi connectivity index (χ2v) is 5.51. The molecule has 0 atom stereocenters. The van der Waals surface area contributed by atoms with Crippen molar-refractivity contribution >= 4 is 18.0 Å². The van der Waals surface area contributed by atoms with Crippen molar-refractivity contribution in [1.82, 2.24) is 4.90 Å². The molecule has 0 unspecified atom stereocenters. The Balaban J connectivity index is 1.81. The lowest BCUT2D eigenvalue weighted by Gasteiger charge is -2.17. The minimum atomic E-state index is -0.417. The van der Waals surface area contributed by atoms with Gasteiger partial charge < -0.3 is 14.4 Å². The largest absolute Gasteiger partial charge is 0.492 e. The summed E-state index contributed by atoms with van der Waals surface area (Å²) in [7, 11) is 2.98. The minimum absolute atomic E-state index is 0.197. The van der Waals surface area contributed by atoms with Gasteiger partial charge >= 0.3 is 5.97 Å². The third-order valence-corrected chi connectivity index (χ3v) is 3.63. The molecule has 6 heteroatoms. The summed E-state index contributed by atoms with van der Waals surface area (Å²) in [5, 5.41) is 0. The number of amides is 1. The van der Waals surface area contributed by atoms with E-state index in [9.17, 15) is 14.0 Å². The summed E-state index contributed by atoms with van der Waals surface area (Å²) in [4.78, 5) is 24.8. The maximum Gasteiger partial charge on any atom is 0.330 e. The van der Waals surface area contributed by atoms with Crippen LogP contribution in [-0.4, -0.2) is 44.1 Å². The van der Waals surface area contributed by atoms with Crippen LogP contribution in [0.25, 0.3) is 6.08 Å². The van der Waals surface area contributed by atoms with Crippen LogP contribution in [0.1, 0.15) is 15.9 Å². The van der Waals surface area contributed by atoms with E-state index in [4.69, 9.17) is 4.74 Å². The monoisotopic (exact) mass is 357 g/mol. The predicted molar refractivity (Wildman–Crippen MR) is 96.3 cm³/mol. The fourth-order valence-corrected chi connectivity index (χ4v) is 2.12. The number of benzene rings is 2. The van der Waals surface area contributed by atoms with Gasteiger partial charge in [0.1, 0.15) is 18.2 Å². The summed E-state index contributed by atoms with van der Waals surface area (Å²) in [6, 6.07) is 12.6. The van der Waals surface area contributed by atoms with Gasteiger partial charge in [-0.05, 0) is 48.0 Å². The first kappa shape index (κ1) is 19.2. The molecule has 1 amide bonds. The van der Waals surface area contributed by atoms with Crippen molar-refractivity contribution in [2.45, 2.75) is 0 Å². The molecule has 2 rings (SSSR count). The van der Waals surface area contributed by atoms with Crippen LogP contribution >= 0.6 is 0 Å². The van der Waals surface area contributed by atoms with Crippen molar-refractivity contribution in [1.29, 1.82) is 0 Å². The molecule has 0 bridgehead atoms. The summed E-state index contributed by atoms with van der Waals surface area (Å²) in [6.07, 6.45) is 2.98. The van der Waals surface area contributed by atoms with Crippen molar-refractivity contribution < 1.29 is 23.5 Å². The number of nitrogens with zero attached hydrogens (tertiary/aromatic N) is 1. The van der Waals surface area contributed by atoms with Gasteiger partial charge in [0, 0.05) is 18.7 Å². The molecule has 5 nitrogen and oxygen atoms in total. The number of carbonyl (C=O) groups is 2. The van der Waals surface area contributed by atoms with Gasteiger partial charge in [-0.15, -0.1) is 0 Å².